The van der Waals surface area contributed by atoms with E-state index in [0.29, 0.717) is 30.0 Å². The smallest absolute Gasteiger partial charge is 0.250 e. The molecule has 38 heavy (non-hydrogen) atoms. The second-order valence-corrected chi connectivity index (χ2v) is 10.2. The molecule has 9 heteroatoms. The third-order valence-corrected chi connectivity index (χ3v) is 7.67. The van der Waals surface area contributed by atoms with Crippen LogP contribution in [0.5, 0.6) is 0 Å². The first-order valence-corrected chi connectivity index (χ1v) is 13.0. The number of carbonyl (C=O) groups is 2. The monoisotopic (exact) mass is 514 g/mol. The molecule has 1 aliphatic heterocycles. The second-order valence-electron chi connectivity index (χ2n) is 10.2. The Kier molecular flexibility index (Phi) is 7.03. The molecule has 0 bridgehead atoms. The van der Waals surface area contributed by atoms with Gasteiger partial charge in [0.1, 0.15) is 17.8 Å². The van der Waals surface area contributed by atoms with E-state index >= 15 is 0 Å². The number of ether oxygens (including phenoxy) is 1. The summed E-state index contributed by atoms with van der Waals surface area (Å²) in [7, 11) is 3.68. The standard InChI is InChI=1S/C29H34N6O3/c1-17(2)28(36)33-21-11-9-19(10-12-21)25-23(24-26(30)31-16-32-27(24)34(25)3)18-5-7-20(8-6-18)29(37)35-14-13-22(15-35)38-4/h5,9-12,16,20,22H,1,6-8,13-15H2,2-4H3,(H,33,36)(H2,30,31,32)/t20-,22-/m1/s1. The van der Waals surface area contributed by atoms with Crippen molar-refractivity contribution in [3.05, 3.63) is 54.4 Å². The molecule has 2 amide bonds. The second kappa shape index (κ2) is 10.4. The number of nitrogens with two attached hydrogens (primary N) is 1. The average molecular weight is 515 g/mol. The molecule has 2 atom stereocenters. The van der Waals surface area contributed by atoms with E-state index in [1.807, 2.05) is 40.8 Å². The number of hydrogen-bond acceptors (Lipinski definition) is 6. The molecular weight excluding hydrogens is 480 g/mol. The van der Waals surface area contributed by atoms with Gasteiger partial charge in [0.05, 0.1) is 17.2 Å². The third-order valence-electron chi connectivity index (χ3n) is 7.67. The number of benzene rings is 1. The highest BCUT2D eigenvalue weighted by molar-refractivity contribution is 6.05. The number of nitrogen functional groups attached to an aromatic ring is 1. The number of aromatic nitrogens is 3. The van der Waals surface area contributed by atoms with Crippen LogP contribution in [0.3, 0.4) is 0 Å². The van der Waals surface area contributed by atoms with Gasteiger partial charge in [-0.05, 0) is 55.9 Å². The van der Waals surface area contributed by atoms with Crippen LogP contribution in [-0.2, 0) is 21.4 Å². The molecule has 1 aromatic carbocycles. The number of allylic oxidation sites excluding steroid dienone is 2. The Hall–Kier alpha value is -3.98. The number of anilines is 2. The van der Waals surface area contributed by atoms with Gasteiger partial charge in [0.25, 0.3) is 5.91 Å². The summed E-state index contributed by atoms with van der Waals surface area (Å²) in [5.74, 6) is 0.402. The van der Waals surface area contributed by atoms with Crippen LogP contribution in [0.25, 0.3) is 27.9 Å². The van der Waals surface area contributed by atoms with Gasteiger partial charge in [-0.2, -0.15) is 0 Å². The van der Waals surface area contributed by atoms with Gasteiger partial charge in [-0.1, -0.05) is 24.8 Å². The van der Waals surface area contributed by atoms with Crippen LogP contribution in [-0.4, -0.2) is 57.6 Å². The number of likely N-dealkylation sites (tertiary alicyclic amines) is 1. The van der Waals surface area contributed by atoms with Crippen LogP contribution in [0.15, 0.2) is 48.8 Å². The quantitative estimate of drug-likeness (QED) is 0.477. The summed E-state index contributed by atoms with van der Waals surface area (Å²) in [6, 6.07) is 7.70. The molecule has 0 unspecified atom stereocenters. The lowest BCUT2D eigenvalue weighted by atomic mass is 9.84. The van der Waals surface area contributed by atoms with E-state index in [1.54, 1.807) is 14.0 Å². The zero-order chi connectivity index (χ0) is 27.0. The Morgan fingerprint density at radius 2 is 1.95 bits per heavy atom. The van der Waals surface area contributed by atoms with E-state index in [2.05, 4.69) is 27.9 Å². The molecule has 3 heterocycles. The Bertz CT molecular complexity index is 1440. The van der Waals surface area contributed by atoms with Gasteiger partial charge in [0, 0.05) is 50.0 Å². The third kappa shape index (κ3) is 4.69. The molecule has 0 radical (unpaired) electrons. The van der Waals surface area contributed by atoms with Crippen molar-refractivity contribution in [2.45, 2.75) is 38.7 Å². The fourth-order valence-corrected chi connectivity index (χ4v) is 5.54. The molecule has 0 saturated carbocycles. The molecule has 3 aromatic rings. The number of fused-ring (bicyclic) bond motifs is 1. The molecule has 198 valence electrons. The minimum Gasteiger partial charge on any atom is -0.383 e. The molecule has 0 spiro atoms. The van der Waals surface area contributed by atoms with E-state index in [1.165, 1.54) is 6.33 Å². The largest absolute Gasteiger partial charge is 0.383 e. The first-order valence-electron chi connectivity index (χ1n) is 13.0. The summed E-state index contributed by atoms with van der Waals surface area (Å²) in [5, 5.41) is 3.67. The van der Waals surface area contributed by atoms with E-state index < -0.39 is 0 Å². The number of methoxy groups -OCH3 is 1. The van der Waals surface area contributed by atoms with Crippen molar-refractivity contribution in [1.29, 1.82) is 0 Å². The highest BCUT2D eigenvalue weighted by atomic mass is 16.5. The molecule has 2 aliphatic rings. The van der Waals surface area contributed by atoms with E-state index in [-0.39, 0.29) is 23.8 Å². The van der Waals surface area contributed by atoms with Crippen molar-refractivity contribution in [2.75, 3.05) is 31.2 Å². The summed E-state index contributed by atoms with van der Waals surface area (Å²) in [5.41, 5.74) is 12.4. The minimum absolute atomic E-state index is 0.0300. The summed E-state index contributed by atoms with van der Waals surface area (Å²) in [6.45, 7) is 6.80. The van der Waals surface area contributed by atoms with Crippen LogP contribution in [0.4, 0.5) is 11.5 Å². The van der Waals surface area contributed by atoms with Crippen LogP contribution >= 0.6 is 0 Å². The normalized spacial score (nSPS) is 19.4. The first-order chi connectivity index (χ1) is 18.3. The van der Waals surface area contributed by atoms with Crippen LogP contribution < -0.4 is 11.1 Å². The lowest BCUT2D eigenvalue weighted by Gasteiger charge is -2.26. The molecule has 5 rings (SSSR count). The fraction of sp³-hybridized carbons (Fsp3) is 0.379. The Balaban J connectivity index is 1.48. The topological polar surface area (TPSA) is 115 Å². The lowest BCUT2D eigenvalue weighted by Crippen LogP contribution is -2.35. The zero-order valence-electron chi connectivity index (χ0n) is 22.2. The average Bonchev–Trinajstić information content (AvgIpc) is 3.52. The fourth-order valence-electron chi connectivity index (χ4n) is 5.54. The summed E-state index contributed by atoms with van der Waals surface area (Å²) in [4.78, 5) is 36.0. The molecule has 3 N–H and O–H groups in total. The number of hydrogen-bond donors (Lipinski definition) is 2. The maximum absolute atomic E-state index is 13.2. The van der Waals surface area contributed by atoms with E-state index in [0.717, 1.165) is 59.2 Å². The molecular formula is C29H34N6O3. The predicted molar refractivity (Wildman–Crippen MR) is 149 cm³/mol. The Morgan fingerprint density at radius 1 is 1.18 bits per heavy atom. The molecule has 2 aromatic heterocycles. The van der Waals surface area contributed by atoms with Crippen LogP contribution in [0, 0.1) is 5.92 Å². The van der Waals surface area contributed by atoms with Crippen molar-refractivity contribution < 1.29 is 14.3 Å². The zero-order valence-corrected chi connectivity index (χ0v) is 22.2. The number of rotatable bonds is 6. The summed E-state index contributed by atoms with van der Waals surface area (Å²) >= 11 is 0. The predicted octanol–water partition coefficient (Wildman–Crippen LogP) is 4.16. The van der Waals surface area contributed by atoms with Gasteiger partial charge < -0.3 is 25.3 Å². The van der Waals surface area contributed by atoms with Gasteiger partial charge in [-0.15, -0.1) is 0 Å². The van der Waals surface area contributed by atoms with Gasteiger partial charge >= 0.3 is 0 Å². The van der Waals surface area contributed by atoms with E-state index in [4.69, 9.17) is 10.5 Å². The molecule has 9 nitrogen and oxygen atoms in total. The van der Waals surface area contributed by atoms with Crippen molar-refractivity contribution >= 4 is 39.9 Å². The van der Waals surface area contributed by atoms with E-state index in [9.17, 15) is 9.59 Å². The van der Waals surface area contributed by atoms with Gasteiger partial charge in [-0.3, -0.25) is 9.59 Å². The van der Waals surface area contributed by atoms with Crippen molar-refractivity contribution in [3.63, 3.8) is 0 Å². The number of carbonyl (C=O) groups excluding carboxylic acids is 2. The molecule has 1 saturated heterocycles. The van der Waals surface area contributed by atoms with Crippen LogP contribution in [0.2, 0.25) is 0 Å². The lowest BCUT2D eigenvalue weighted by molar-refractivity contribution is -0.135. The minimum atomic E-state index is -0.214. The SMILES string of the molecule is C=C(C)C(=O)Nc1ccc(-c2c(C3=CC[C@@H](C(=O)N4CC[C@@H](OC)C4)CC3)c3c(N)ncnc3n2C)cc1. The number of aryl methyl sites for hydroxylation is 1. The highest BCUT2D eigenvalue weighted by Gasteiger charge is 2.33. The van der Waals surface area contributed by atoms with Gasteiger partial charge in [-0.25, -0.2) is 9.97 Å². The first kappa shape index (κ1) is 25.7. The summed E-state index contributed by atoms with van der Waals surface area (Å²) < 4.78 is 7.48. The maximum atomic E-state index is 13.2. The highest BCUT2D eigenvalue weighted by Crippen LogP contribution is 2.43. The number of nitrogens with one attached hydrogen (secondary N) is 1. The number of nitrogens with zero attached hydrogens (tertiary/aromatic N) is 4. The molecule has 1 aliphatic carbocycles. The molecule has 1 fully saturated rings. The van der Waals surface area contributed by atoms with Gasteiger partial charge in [0.2, 0.25) is 5.91 Å². The Morgan fingerprint density at radius 3 is 2.58 bits per heavy atom. The number of amides is 2. The van der Waals surface area contributed by atoms with Crippen molar-refractivity contribution in [3.8, 4) is 11.3 Å². The Labute approximate surface area is 222 Å². The van der Waals surface area contributed by atoms with Gasteiger partial charge in [0.15, 0.2) is 0 Å². The maximum Gasteiger partial charge on any atom is 0.250 e. The summed E-state index contributed by atoms with van der Waals surface area (Å²) in [6.07, 6.45) is 6.90. The van der Waals surface area contributed by atoms with Crippen molar-refractivity contribution in [1.82, 2.24) is 19.4 Å². The van der Waals surface area contributed by atoms with Crippen LogP contribution in [0.1, 0.15) is 38.2 Å². The van der Waals surface area contributed by atoms with Crippen molar-refractivity contribution in [2.24, 2.45) is 13.0 Å².